The highest BCUT2D eigenvalue weighted by molar-refractivity contribution is 6.09. The van der Waals surface area contributed by atoms with Crippen LogP contribution in [-0.2, 0) is 6.54 Å². The van der Waals surface area contributed by atoms with Crippen LogP contribution in [0, 0.1) is 11.1 Å². The van der Waals surface area contributed by atoms with E-state index in [4.69, 9.17) is 4.98 Å². The van der Waals surface area contributed by atoms with E-state index in [9.17, 15) is 10.0 Å². The van der Waals surface area contributed by atoms with E-state index in [1.165, 1.54) is 0 Å². The summed E-state index contributed by atoms with van der Waals surface area (Å²) in [6.07, 6.45) is 5.16. The molecule has 1 aromatic heterocycles. The van der Waals surface area contributed by atoms with Crippen LogP contribution in [0.1, 0.15) is 59.6 Å². The van der Waals surface area contributed by atoms with Crippen molar-refractivity contribution in [1.29, 1.82) is 0 Å². The maximum absolute atomic E-state index is 14.3. The number of aromatic nitrogens is 1. The summed E-state index contributed by atoms with van der Waals surface area (Å²) in [5.74, 6) is 0.326. The van der Waals surface area contributed by atoms with E-state index in [0.29, 0.717) is 24.6 Å². The molecule has 1 atom stereocenters. The first-order chi connectivity index (χ1) is 18.1. The van der Waals surface area contributed by atoms with Gasteiger partial charge in [-0.05, 0) is 49.7 Å². The van der Waals surface area contributed by atoms with Crippen LogP contribution in [0.3, 0.4) is 0 Å². The lowest BCUT2D eigenvalue weighted by Gasteiger charge is -2.46. The van der Waals surface area contributed by atoms with Crippen molar-refractivity contribution in [3.8, 4) is 11.3 Å². The van der Waals surface area contributed by atoms with Crippen LogP contribution in [0.5, 0.6) is 0 Å². The molecule has 6 rings (SSSR count). The van der Waals surface area contributed by atoms with E-state index < -0.39 is 0 Å². The number of nitrogens with zero attached hydrogens (tertiary/aromatic N) is 2. The van der Waals surface area contributed by atoms with Crippen molar-refractivity contribution in [2.24, 2.45) is 5.92 Å². The third kappa shape index (κ3) is 5.02. The van der Waals surface area contributed by atoms with E-state index in [1.54, 1.807) is 0 Å². The minimum Gasteiger partial charge on any atom is -0.633 e. The van der Waals surface area contributed by atoms with Crippen molar-refractivity contribution >= 4 is 16.8 Å². The largest absolute Gasteiger partial charge is 0.633 e. The lowest BCUT2D eigenvalue weighted by molar-refractivity contribution is -0.898. The molecular formula is C32H33N3O2. The van der Waals surface area contributed by atoms with Gasteiger partial charge in [0.25, 0.3) is 5.91 Å². The second kappa shape index (κ2) is 10.1. The fraction of sp³-hybridized carbons (Fsp3) is 0.312. The summed E-state index contributed by atoms with van der Waals surface area (Å²) in [7, 11) is 0. The maximum atomic E-state index is 14.3. The lowest BCUT2D eigenvalue weighted by Crippen LogP contribution is -2.46. The molecule has 188 valence electrons. The Morgan fingerprint density at radius 3 is 2.24 bits per heavy atom. The van der Waals surface area contributed by atoms with Gasteiger partial charge in [-0.1, -0.05) is 78.9 Å². The van der Waals surface area contributed by atoms with Crippen LogP contribution in [0.2, 0.25) is 0 Å². The molecule has 3 aromatic carbocycles. The first-order valence-electron chi connectivity index (χ1n) is 13.5. The normalized spacial score (nSPS) is 17.9. The Hall–Kier alpha value is -3.54. The van der Waals surface area contributed by atoms with Gasteiger partial charge in [0.15, 0.2) is 0 Å². The number of nitrogens with one attached hydrogen (secondary N) is 1. The molecule has 5 nitrogen and oxygen atoms in total. The number of para-hydroxylation sites is 1. The molecule has 1 saturated heterocycles. The summed E-state index contributed by atoms with van der Waals surface area (Å²) in [5.41, 5.74) is 4.94. The maximum Gasteiger partial charge on any atom is 0.253 e. The van der Waals surface area contributed by atoms with E-state index in [1.807, 2.05) is 72.8 Å². The molecule has 2 fully saturated rings. The zero-order valence-corrected chi connectivity index (χ0v) is 21.1. The lowest BCUT2D eigenvalue weighted by atomic mass is 9.94. The molecule has 1 aliphatic heterocycles. The Morgan fingerprint density at radius 2 is 1.54 bits per heavy atom. The summed E-state index contributed by atoms with van der Waals surface area (Å²) < 4.78 is -0.301. The molecule has 1 unspecified atom stereocenters. The van der Waals surface area contributed by atoms with Gasteiger partial charge in [0.1, 0.15) is 6.54 Å². The number of piperidine rings is 1. The van der Waals surface area contributed by atoms with Gasteiger partial charge in [-0.2, -0.15) is 0 Å². The first kappa shape index (κ1) is 23.8. The fourth-order valence-corrected chi connectivity index (χ4v) is 5.81. The van der Waals surface area contributed by atoms with Crippen LogP contribution < -0.4 is 5.32 Å². The zero-order valence-electron chi connectivity index (χ0n) is 21.1. The number of fused-ring (bicyclic) bond motifs is 1. The average molecular weight is 492 g/mol. The molecular weight excluding hydrogens is 458 g/mol. The molecule has 4 aromatic rings. The number of carbonyl (C=O) groups excluding carboxylic acids is 1. The van der Waals surface area contributed by atoms with E-state index in [0.717, 1.165) is 65.4 Å². The molecule has 1 saturated carbocycles. The van der Waals surface area contributed by atoms with E-state index in [-0.39, 0.29) is 23.1 Å². The monoisotopic (exact) mass is 491 g/mol. The summed E-state index contributed by atoms with van der Waals surface area (Å²) in [6, 6.07) is 28.0. The smallest absolute Gasteiger partial charge is 0.253 e. The van der Waals surface area contributed by atoms with Gasteiger partial charge in [-0.3, -0.25) is 4.79 Å². The van der Waals surface area contributed by atoms with E-state index >= 15 is 0 Å². The van der Waals surface area contributed by atoms with Crippen LogP contribution in [0.25, 0.3) is 22.2 Å². The first-order valence-corrected chi connectivity index (χ1v) is 13.5. The Morgan fingerprint density at radius 1 is 0.892 bits per heavy atom. The van der Waals surface area contributed by atoms with Crippen LogP contribution in [0.15, 0.2) is 84.9 Å². The number of pyridine rings is 1. The molecule has 37 heavy (non-hydrogen) atoms. The molecule has 0 bridgehead atoms. The minimum atomic E-state index is -0.301. The Bertz CT molecular complexity index is 1390. The highest BCUT2D eigenvalue weighted by Gasteiger charge is 2.35. The van der Waals surface area contributed by atoms with E-state index in [2.05, 4.69) is 17.4 Å². The standard InChI is InChI=1S/C32H33N3O2/c36-32(34-30(25-18-19-25)23-12-4-1-5-13-23)29-26-16-8-9-17-28(26)33-31(24-14-6-2-7-15-24)27(29)22-35(37)20-10-3-11-21-35/h1-2,4-9,12-17,25,30H,3,10-11,18-22H2,(H,34,36). The predicted molar refractivity (Wildman–Crippen MR) is 147 cm³/mol. The number of rotatable bonds is 7. The molecule has 1 N–H and O–H groups in total. The Labute approximate surface area is 218 Å². The van der Waals surface area contributed by atoms with Crippen molar-refractivity contribution in [3.63, 3.8) is 0 Å². The SMILES string of the molecule is O=C(NC(c1ccccc1)C1CC1)c1c(C[N+]2([O-])CCCCC2)c(-c2ccccc2)nc2ccccc12. The average Bonchev–Trinajstić information content (AvgIpc) is 3.78. The number of carbonyl (C=O) groups is 1. The van der Waals surface area contributed by atoms with Crippen molar-refractivity contribution in [2.75, 3.05) is 13.1 Å². The van der Waals surface area contributed by atoms with Gasteiger partial charge >= 0.3 is 0 Å². The number of likely N-dealkylation sites (tertiary alicyclic amines) is 1. The Kier molecular flexibility index (Phi) is 6.49. The van der Waals surface area contributed by atoms with Gasteiger partial charge in [0, 0.05) is 16.5 Å². The van der Waals surface area contributed by atoms with Gasteiger partial charge < -0.3 is 15.2 Å². The number of quaternary nitrogens is 1. The molecule has 0 radical (unpaired) electrons. The third-order valence-corrected chi connectivity index (χ3v) is 7.88. The third-order valence-electron chi connectivity index (χ3n) is 7.88. The number of amides is 1. The number of hydrogen-bond acceptors (Lipinski definition) is 3. The number of hydrogen-bond donors (Lipinski definition) is 1. The van der Waals surface area contributed by atoms with Crippen molar-refractivity contribution < 1.29 is 9.44 Å². The second-order valence-electron chi connectivity index (χ2n) is 10.6. The molecule has 5 heteroatoms. The highest BCUT2D eigenvalue weighted by Crippen LogP contribution is 2.42. The summed E-state index contributed by atoms with van der Waals surface area (Å²) in [5, 5.41) is 18.1. The van der Waals surface area contributed by atoms with Crippen molar-refractivity contribution in [2.45, 2.75) is 44.7 Å². The van der Waals surface area contributed by atoms with Gasteiger partial charge in [-0.25, -0.2) is 4.98 Å². The summed E-state index contributed by atoms with van der Waals surface area (Å²) in [6.45, 7) is 1.41. The van der Waals surface area contributed by atoms with Crippen LogP contribution >= 0.6 is 0 Å². The molecule has 0 spiro atoms. The second-order valence-corrected chi connectivity index (χ2v) is 10.6. The number of benzene rings is 3. The van der Waals surface area contributed by atoms with Gasteiger partial charge in [-0.15, -0.1) is 0 Å². The van der Waals surface area contributed by atoms with Crippen molar-refractivity contribution in [1.82, 2.24) is 10.3 Å². The van der Waals surface area contributed by atoms with Gasteiger partial charge in [0.2, 0.25) is 0 Å². The predicted octanol–water partition coefficient (Wildman–Crippen LogP) is 6.78. The topological polar surface area (TPSA) is 65.0 Å². The highest BCUT2D eigenvalue weighted by atomic mass is 16.5. The van der Waals surface area contributed by atoms with Gasteiger partial charge in [0.05, 0.1) is 35.9 Å². The fourth-order valence-electron chi connectivity index (χ4n) is 5.81. The summed E-state index contributed by atoms with van der Waals surface area (Å²) >= 11 is 0. The van der Waals surface area contributed by atoms with Crippen molar-refractivity contribution in [3.05, 3.63) is 107 Å². The molecule has 1 aliphatic carbocycles. The number of hydroxylamine groups is 3. The molecule has 1 amide bonds. The minimum absolute atomic E-state index is 0.0426. The van der Waals surface area contributed by atoms with Crippen LogP contribution in [0.4, 0.5) is 0 Å². The Balaban J connectivity index is 1.51. The zero-order chi connectivity index (χ0) is 25.2. The molecule has 2 aliphatic rings. The van der Waals surface area contributed by atoms with Crippen LogP contribution in [-0.4, -0.2) is 28.6 Å². The quantitative estimate of drug-likeness (QED) is 0.229. The summed E-state index contributed by atoms with van der Waals surface area (Å²) in [4.78, 5) is 19.3. The molecule has 2 heterocycles.